The molecule has 0 amide bonds. The number of hydrogen-bond acceptors (Lipinski definition) is 4. The van der Waals surface area contributed by atoms with Gasteiger partial charge in [0.05, 0.1) is 19.3 Å². The Morgan fingerprint density at radius 2 is 2.24 bits per heavy atom. The van der Waals surface area contributed by atoms with Crippen molar-refractivity contribution in [2.75, 3.05) is 7.11 Å². The van der Waals surface area contributed by atoms with Gasteiger partial charge in [0.25, 0.3) is 0 Å². The van der Waals surface area contributed by atoms with E-state index in [1.165, 1.54) is 12.1 Å². The Balaban J connectivity index is 2.55. The number of hydrogen-bond donors (Lipinski definition) is 2. The van der Waals surface area contributed by atoms with E-state index in [2.05, 4.69) is 17.4 Å². The minimum Gasteiger partial charge on any atom is -0.493 e. The molecule has 21 heavy (non-hydrogen) atoms. The first-order valence-electron chi connectivity index (χ1n) is 6.94. The normalized spacial score (nSPS) is 12.4. The first-order valence-corrected chi connectivity index (χ1v) is 6.94. The van der Waals surface area contributed by atoms with Gasteiger partial charge in [0.15, 0.2) is 5.75 Å². The zero-order valence-corrected chi connectivity index (χ0v) is 12.6. The summed E-state index contributed by atoms with van der Waals surface area (Å²) >= 11 is 0. The molecule has 1 aromatic heterocycles. The maximum atomic E-state index is 13.6. The van der Waals surface area contributed by atoms with Gasteiger partial charge >= 0.3 is 0 Å². The Kier molecular flexibility index (Phi) is 4.93. The Hall–Kier alpha value is -1.92. The van der Waals surface area contributed by atoms with Gasteiger partial charge in [0, 0.05) is 6.54 Å². The van der Waals surface area contributed by atoms with E-state index in [9.17, 15) is 4.39 Å². The van der Waals surface area contributed by atoms with Gasteiger partial charge in [0.1, 0.15) is 11.5 Å². The molecule has 0 aliphatic heterocycles. The van der Waals surface area contributed by atoms with Crippen LogP contribution in [0.1, 0.15) is 36.2 Å². The molecule has 3 N–H and O–H groups in total. The van der Waals surface area contributed by atoms with Crippen LogP contribution in [0.15, 0.2) is 24.4 Å². The van der Waals surface area contributed by atoms with Gasteiger partial charge in [0.2, 0.25) is 0 Å². The Morgan fingerprint density at radius 1 is 1.48 bits per heavy atom. The third kappa shape index (κ3) is 3.06. The van der Waals surface area contributed by atoms with E-state index in [0.717, 1.165) is 29.8 Å². The first kappa shape index (κ1) is 15.5. The topological polar surface area (TPSA) is 65.1 Å². The minimum absolute atomic E-state index is 0.295. The number of nitrogens with zero attached hydrogens (tertiary/aromatic N) is 2. The van der Waals surface area contributed by atoms with Crippen molar-refractivity contribution < 1.29 is 9.13 Å². The van der Waals surface area contributed by atoms with Gasteiger partial charge in [-0.25, -0.2) is 9.82 Å². The number of methoxy groups -OCH3 is 1. The van der Waals surface area contributed by atoms with Crippen LogP contribution >= 0.6 is 0 Å². The standard InChI is InChI=1S/C15H21FN4O/c1-4-7-20-15(13(21-3)9-18-20)14(19-17)12-8-11(16)6-5-10(12)2/h5-6,8-9,14,19H,4,7,17H2,1-3H3. The molecule has 1 aromatic carbocycles. The van der Waals surface area contributed by atoms with Crippen LogP contribution in [0.4, 0.5) is 4.39 Å². The van der Waals surface area contributed by atoms with Crippen molar-refractivity contribution in [3.63, 3.8) is 0 Å². The molecule has 0 aliphatic rings. The zero-order valence-electron chi connectivity index (χ0n) is 12.6. The lowest BCUT2D eigenvalue weighted by Gasteiger charge is -2.21. The second-order valence-corrected chi connectivity index (χ2v) is 4.92. The lowest BCUT2D eigenvalue weighted by Crippen LogP contribution is -2.31. The molecule has 1 heterocycles. The van der Waals surface area contributed by atoms with Crippen molar-refractivity contribution in [1.82, 2.24) is 15.2 Å². The van der Waals surface area contributed by atoms with Crippen molar-refractivity contribution >= 4 is 0 Å². The number of aryl methyl sites for hydroxylation is 2. The van der Waals surface area contributed by atoms with Gasteiger partial charge in [-0.3, -0.25) is 10.5 Å². The molecule has 0 fully saturated rings. The lowest BCUT2D eigenvalue weighted by molar-refractivity contribution is 0.398. The van der Waals surface area contributed by atoms with Crippen LogP contribution in [-0.2, 0) is 6.54 Å². The van der Waals surface area contributed by atoms with Crippen LogP contribution in [0.5, 0.6) is 5.75 Å². The van der Waals surface area contributed by atoms with Crippen LogP contribution in [0.2, 0.25) is 0 Å². The fourth-order valence-electron chi connectivity index (χ4n) is 2.45. The predicted molar refractivity (Wildman–Crippen MR) is 79.4 cm³/mol. The molecule has 0 radical (unpaired) electrons. The number of nitrogens with two attached hydrogens (primary N) is 1. The number of rotatable bonds is 6. The molecule has 0 saturated heterocycles. The Bertz CT molecular complexity index is 612. The van der Waals surface area contributed by atoms with Crippen molar-refractivity contribution in [2.24, 2.45) is 5.84 Å². The van der Waals surface area contributed by atoms with Crippen molar-refractivity contribution in [2.45, 2.75) is 32.9 Å². The van der Waals surface area contributed by atoms with E-state index < -0.39 is 0 Å². The highest BCUT2D eigenvalue weighted by atomic mass is 19.1. The number of hydrazine groups is 1. The minimum atomic E-state index is -0.385. The van der Waals surface area contributed by atoms with E-state index in [0.29, 0.717) is 5.75 Å². The van der Waals surface area contributed by atoms with E-state index in [1.807, 2.05) is 11.6 Å². The number of halogens is 1. The quantitative estimate of drug-likeness (QED) is 0.633. The molecule has 0 saturated carbocycles. The van der Waals surface area contributed by atoms with Crippen LogP contribution in [0, 0.1) is 12.7 Å². The predicted octanol–water partition coefficient (Wildman–Crippen LogP) is 2.30. The smallest absolute Gasteiger partial charge is 0.161 e. The molecule has 0 aliphatic carbocycles. The lowest BCUT2D eigenvalue weighted by atomic mass is 9.98. The van der Waals surface area contributed by atoms with Crippen molar-refractivity contribution in [3.8, 4) is 5.75 Å². The summed E-state index contributed by atoms with van der Waals surface area (Å²) in [5.74, 6) is 6.07. The monoisotopic (exact) mass is 292 g/mol. The van der Waals surface area contributed by atoms with Gasteiger partial charge in [-0.2, -0.15) is 5.10 Å². The largest absolute Gasteiger partial charge is 0.493 e. The highest BCUT2D eigenvalue weighted by molar-refractivity contribution is 5.40. The molecule has 0 spiro atoms. The summed E-state index contributed by atoms with van der Waals surface area (Å²) in [7, 11) is 1.59. The fraction of sp³-hybridized carbons (Fsp3) is 0.400. The summed E-state index contributed by atoms with van der Waals surface area (Å²) in [4.78, 5) is 0. The molecule has 2 rings (SSSR count). The average molecular weight is 292 g/mol. The molecule has 1 unspecified atom stereocenters. The average Bonchev–Trinajstić information content (AvgIpc) is 2.87. The Morgan fingerprint density at radius 3 is 2.86 bits per heavy atom. The third-order valence-electron chi connectivity index (χ3n) is 3.49. The van der Waals surface area contributed by atoms with Gasteiger partial charge < -0.3 is 4.74 Å². The van der Waals surface area contributed by atoms with Crippen LogP contribution < -0.4 is 16.0 Å². The van der Waals surface area contributed by atoms with E-state index in [4.69, 9.17) is 10.6 Å². The highest BCUT2D eigenvalue weighted by Gasteiger charge is 2.24. The molecule has 114 valence electrons. The van der Waals surface area contributed by atoms with E-state index >= 15 is 0 Å². The molecular formula is C15H21FN4O. The van der Waals surface area contributed by atoms with Crippen LogP contribution in [0.3, 0.4) is 0 Å². The van der Waals surface area contributed by atoms with Gasteiger partial charge in [-0.1, -0.05) is 13.0 Å². The molecule has 0 bridgehead atoms. The third-order valence-corrected chi connectivity index (χ3v) is 3.49. The first-order chi connectivity index (χ1) is 10.1. The van der Waals surface area contributed by atoms with E-state index in [-0.39, 0.29) is 11.9 Å². The molecule has 5 nitrogen and oxygen atoms in total. The van der Waals surface area contributed by atoms with Gasteiger partial charge in [-0.15, -0.1) is 0 Å². The molecule has 1 atom stereocenters. The highest BCUT2D eigenvalue weighted by Crippen LogP contribution is 2.31. The van der Waals surface area contributed by atoms with Crippen LogP contribution in [0.25, 0.3) is 0 Å². The van der Waals surface area contributed by atoms with Crippen molar-refractivity contribution in [3.05, 3.63) is 47.0 Å². The number of aromatic nitrogens is 2. The summed E-state index contributed by atoms with van der Waals surface area (Å²) in [5, 5.41) is 4.33. The summed E-state index contributed by atoms with van der Waals surface area (Å²) < 4.78 is 20.8. The molecular weight excluding hydrogens is 271 g/mol. The fourth-order valence-corrected chi connectivity index (χ4v) is 2.45. The molecule has 6 heteroatoms. The zero-order chi connectivity index (χ0) is 15.4. The number of nitrogens with one attached hydrogen (secondary N) is 1. The maximum Gasteiger partial charge on any atom is 0.161 e. The van der Waals surface area contributed by atoms with Crippen LogP contribution in [-0.4, -0.2) is 16.9 Å². The summed E-state index contributed by atoms with van der Waals surface area (Å²) in [6.07, 6.45) is 2.58. The second-order valence-electron chi connectivity index (χ2n) is 4.92. The SMILES string of the molecule is CCCn1ncc(OC)c1C(NN)c1cc(F)ccc1C. The summed E-state index contributed by atoms with van der Waals surface area (Å²) in [5.41, 5.74) is 5.28. The summed E-state index contributed by atoms with van der Waals surface area (Å²) in [6, 6.07) is 4.28. The maximum absolute atomic E-state index is 13.6. The second kappa shape index (κ2) is 6.69. The number of benzene rings is 1. The molecule has 2 aromatic rings. The van der Waals surface area contributed by atoms with Crippen molar-refractivity contribution in [1.29, 1.82) is 0 Å². The Labute approximate surface area is 123 Å². The number of ether oxygens (including phenoxy) is 1. The summed E-state index contributed by atoms with van der Waals surface area (Å²) in [6.45, 7) is 4.73. The van der Waals surface area contributed by atoms with Gasteiger partial charge in [-0.05, 0) is 36.6 Å². The van der Waals surface area contributed by atoms with E-state index in [1.54, 1.807) is 19.4 Å².